The van der Waals surface area contributed by atoms with E-state index in [1.807, 2.05) is 6.07 Å². The van der Waals surface area contributed by atoms with Crippen LogP contribution in [0.5, 0.6) is 0 Å². The first-order valence-electron chi connectivity index (χ1n) is 4.20. The van der Waals surface area contributed by atoms with Crippen LogP contribution < -0.4 is 5.46 Å². The van der Waals surface area contributed by atoms with Crippen molar-refractivity contribution in [1.29, 1.82) is 0 Å². The first-order valence-corrected chi connectivity index (χ1v) is 4.84. The highest BCUT2D eigenvalue weighted by Gasteiger charge is 2.12. The van der Waals surface area contributed by atoms with Gasteiger partial charge in [-0.3, -0.25) is 0 Å². The van der Waals surface area contributed by atoms with E-state index in [1.165, 1.54) is 0 Å². The van der Waals surface area contributed by atoms with E-state index < -0.39 is 7.12 Å². The van der Waals surface area contributed by atoms with Crippen molar-refractivity contribution in [3.05, 3.63) is 29.3 Å². The van der Waals surface area contributed by atoms with Crippen LogP contribution in [0.25, 0.3) is 0 Å². The second-order valence-electron chi connectivity index (χ2n) is 3.00. The zero-order valence-electron chi connectivity index (χ0n) is 7.64. The molecule has 0 radical (unpaired) electrons. The maximum Gasteiger partial charge on any atom is 0.488 e. The Balaban J connectivity index is 3.08. The first-order chi connectivity index (χ1) is 6.67. The Kier molecular flexibility index (Phi) is 4.08. The summed E-state index contributed by atoms with van der Waals surface area (Å²) < 4.78 is 0. The maximum atomic E-state index is 9.02. The molecule has 72 valence electrons. The van der Waals surface area contributed by atoms with Crippen molar-refractivity contribution < 1.29 is 10.0 Å². The number of benzene rings is 1. The third-order valence-electron chi connectivity index (χ3n) is 1.86. The highest BCUT2D eigenvalue weighted by molar-refractivity contribution is 7.79. The summed E-state index contributed by atoms with van der Waals surface area (Å²) in [5, 5.41) is 18.0. The molecule has 0 aromatic heterocycles. The molecule has 0 saturated heterocycles. The minimum atomic E-state index is -1.45. The summed E-state index contributed by atoms with van der Waals surface area (Å²) in [7, 11) is -1.45. The van der Waals surface area contributed by atoms with E-state index in [1.54, 1.807) is 12.1 Å². The largest absolute Gasteiger partial charge is 0.488 e. The van der Waals surface area contributed by atoms with Gasteiger partial charge in [0.15, 0.2) is 0 Å². The standard InChI is InChI=1S/C10H11BO2S/c1-2-3-8-4-9(7-14)6-10(5-8)11(12)13/h1,4-6,12-14H,3,7H2. The maximum absolute atomic E-state index is 9.02. The SMILES string of the molecule is C#CCc1cc(CS)cc(B(O)O)c1. The van der Waals surface area contributed by atoms with Crippen LogP contribution >= 0.6 is 12.6 Å². The lowest BCUT2D eigenvalue weighted by Gasteiger charge is -2.05. The van der Waals surface area contributed by atoms with Gasteiger partial charge in [-0.2, -0.15) is 12.6 Å². The van der Waals surface area contributed by atoms with Gasteiger partial charge in [0.1, 0.15) is 0 Å². The Morgan fingerprint density at radius 3 is 2.43 bits per heavy atom. The minimum absolute atomic E-state index is 0.460. The van der Waals surface area contributed by atoms with E-state index in [4.69, 9.17) is 16.5 Å². The molecular weight excluding hydrogens is 195 g/mol. The molecule has 0 heterocycles. The third kappa shape index (κ3) is 2.81. The Hall–Kier alpha value is -0.885. The van der Waals surface area contributed by atoms with Gasteiger partial charge >= 0.3 is 7.12 Å². The molecule has 0 saturated carbocycles. The molecule has 1 aromatic rings. The van der Waals surface area contributed by atoms with Gasteiger partial charge in [0, 0.05) is 12.2 Å². The van der Waals surface area contributed by atoms with Crippen LogP contribution in [-0.4, -0.2) is 17.2 Å². The normalized spacial score (nSPS) is 9.57. The summed E-state index contributed by atoms with van der Waals surface area (Å²) in [4.78, 5) is 0. The van der Waals surface area contributed by atoms with Gasteiger partial charge in [-0.15, -0.1) is 12.3 Å². The molecule has 0 atom stereocenters. The van der Waals surface area contributed by atoms with E-state index in [2.05, 4.69) is 18.5 Å². The van der Waals surface area contributed by atoms with E-state index in [9.17, 15) is 0 Å². The fourth-order valence-electron chi connectivity index (χ4n) is 1.25. The van der Waals surface area contributed by atoms with E-state index in [0.717, 1.165) is 11.1 Å². The van der Waals surface area contributed by atoms with Gasteiger partial charge in [0.05, 0.1) is 0 Å². The summed E-state index contributed by atoms with van der Waals surface area (Å²) in [6, 6.07) is 5.31. The number of terminal acetylenes is 1. The van der Waals surface area contributed by atoms with Gasteiger partial charge in [-0.05, 0) is 16.6 Å². The van der Waals surface area contributed by atoms with Gasteiger partial charge in [0.2, 0.25) is 0 Å². The molecule has 0 fully saturated rings. The van der Waals surface area contributed by atoms with Gasteiger partial charge in [0.25, 0.3) is 0 Å². The van der Waals surface area contributed by atoms with Crippen LogP contribution in [0.2, 0.25) is 0 Å². The molecule has 1 rings (SSSR count). The first kappa shape index (κ1) is 11.2. The zero-order valence-corrected chi connectivity index (χ0v) is 8.54. The van der Waals surface area contributed by atoms with Gasteiger partial charge in [-0.1, -0.05) is 18.2 Å². The Bertz CT molecular complexity index is 358. The van der Waals surface area contributed by atoms with Crippen molar-refractivity contribution in [2.75, 3.05) is 0 Å². The molecule has 1 aromatic carbocycles. The lowest BCUT2D eigenvalue weighted by molar-refractivity contribution is 0.425. The summed E-state index contributed by atoms with van der Waals surface area (Å²) in [5.74, 6) is 3.07. The lowest BCUT2D eigenvalue weighted by Crippen LogP contribution is -2.30. The highest BCUT2D eigenvalue weighted by Crippen LogP contribution is 2.07. The van der Waals surface area contributed by atoms with Crippen molar-refractivity contribution in [1.82, 2.24) is 0 Å². The highest BCUT2D eigenvalue weighted by atomic mass is 32.1. The van der Waals surface area contributed by atoms with Crippen molar-refractivity contribution >= 4 is 25.2 Å². The molecule has 0 aliphatic rings. The number of hydrogen-bond acceptors (Lipinski definition) is 3. The zero-order chi connectivity index (χ0) is 10.6. The van der Waals surface area contributed by atoms with Gasteiger partial charge < -0.3 is 10.0 Å². The van der Waals surface area contributed by atoms with Crippen LogP contribution in [-0.2, 0) is 12.2 Å². The molecule has 0 unspecified atom stereocenters. The van der Waals surface area contributed by atoms with Crippen LogP contribution in [0.1, 0.15) is 11.1 Å². The smallest absolute Gasteiger partial charge is 0.423 e. The molecule has 0 bridgehead atoms. The van der Waals surface area contributed by atoms with Crippen molar-refractivity contribution in [3.8, 4) is 12.3 Å². The molecule has 4 heteroatoms. The average Bonchev–Trinajstić information content (AvgIpc) is 2.17. The number of thiol groups is 1. The van der Waals surface area contributed by atoms with Crippen LogP contribution in [0.4, 0.5) is 0 Å². The minimum Gasteiger partial charge on any atom is -0.423 e. The second-order valence-corrected chi connectivity index (χ2v) is 3.31. The Morgan fingerprint density at radius 2 is 1.93 bits per heavy atom. The van der Waals surface area contributed by atoms with Crippen molar-refractivity contribution in [2.24, 2.45) is 0 Å². The fraction of sp³-hybridized carbons (Fsp3) is 0.200. The monoisotopic (exact) mass is 206 g/mol. The molecule has 0 amide bonds. The van der Waals surface area contributed by atoms with Crippen LogP contribution in [0.3, 0.4) is 0 Å². The average molecular weight is 206 g/mol. The topological polar surface area (TPSA) is 40.5 Å². The molecule has 2 nitrogen and oxygen atoms in total. The molecule has 2 N–H and O–H groups in total. The van der Waals surface area contributed by atoms with E-state index >= 15 is 0 Å². The predicted molar refractivity (Wildman–Crippen MR) is 61.5 cm³/mol. The number of rotatable bonds is 3. The molecule has 0 aliphatic heterocycles. The summed E-state index contributed by atoms with van der Waals surface area (Å²) in [6.07, 6.45) is 5.67. The van der Waals surface area contributed by atoms with Crippen LogP contribution in [0, 0.1) is 12.3 Å². The summed E-state index contributed by atoms with van der Waals surface area (Å²) in [6.45, 7) is 0. The van der Waals surface area contributed by atoms with Gasteiger partial charge in [-0.25, -0.2) is 0 Å². The predicted octanol–water partition coefficient (Wildman–Crippen LogP) is -0.0281. The molecular formula is C10H11BO2S. The van der Waals surface area contributed by atoms with E-state index in [0.29, 0.717) is 17.6 Å². The Morgan fingerprint density at radius 1 is 1.29 bits per heavy atom. The molecule has 0 aliphatic carbocycles. The fourth-order valence-corrected chi connectivity index (χ4v) is 1.43. The molecule has 0 spiro atoms. The summed E-state index contributed by atoms with van der Waals surface area (Å²) >= 11 is 4.13. The van der Waals surface area contributed by atoms with Crippen molar-refractivity contribution in [3.63, 3.8) is 0 Å². The second kappa shape index (κ2) is 5.11. The number of hydrogen-bond donors (Lipinski definition) is 3. The van der Waals surface area contributed by atoms with Crippen molar-refractivity contribution in [2.45, 2.75) is 12.2 Å². The van der Waals surface area contributed by atoms with E-state index in [-0.39, 0.29) is 0 Å². The Labute approximate surface area is 89.5 Å². The molecule has 14 heavy (non-hydrogen) atoms. The van der Waals surface area contributed by atoms with Crippen LogP contribution in [0.15, 0.2) is 18.2 Å². The third-order valence-corrected chi connectivity index (χ3v) is 2.23. The lowest BCUT2D eigenvalue weighted by atomic mass is 9.78. The summed E-state index contributed by atoms with van der Waals surface area (Å²) in [5.41, 5.74) is 2.30. The quantitative estimate of drug-likeness (QED) is 0.369.